The summed E-state index contributed by atoms with van der Waals surface area (Å²) in [4.78, 5) is 7.10. The molecule has 0 bridgehead atoms. The van der Waals surface area contributed by atoms with Gasteiger partial charge in [0.15, 0.2) is 5.96 Å². The molecule has 0 aromatic heterocycles. The third-order valence-corrected chi connectivity index (χ3v) is 5.87. The van der Waals surface area contributed by atoms with Crippen molar-refractivity contribution in [3.05, 3.63) is 35.4 Å². The Morgan fingerprint density at radius 2 is 1.79 bits per heavy atom. The molecule has 0 saturated carbocycles. The molecule has 1 saturated heterocycles. The summed E-state index contributed by atoms with van der Waals surface area (Å²) in [6.07, 6.45) is 1.37. The van der Waals surface area contributed by atoms with E-state index in [0.29, 0.717) is 13.1 Å². The minimum atomic E-state index is -0.584. The Morgan fingerprint density at radius 1 is 1.17 bits per heavy atom. The molecule has 1 aliphatic heterocycles. The second kappa shape index (κ2) is 10.4. The topological polar surface area (TPSA) is 69.1 Å². The van der Waals surface area contributed by atoms with E-state index in [2.05, 4.69) is 69.5 Å². The zero-order chi connectivity index (χ0) is 21.5. The first-order valence-electron chi connectivity index (χ1n) is 10.7. The average Bonchev–Trinajstić information content (AvgIpc) is 2.70. The number of aliphatic hydroxyl groups is 1. The molecule has 6 nitrogen and oxygen atoms in total. The van der Waals surface area contributed by atoms with Crippen molar-refractivity contribution in [1.29, 1.82) is 0 Å². The van der Waals surface area contributed by atoms with Gasteiger partial charge in [0.2, 0.25) is 0 Å². The summed E-state index contributed by atoms with van der Waals surface area (Å²) in [6, 6.07) is 8.23. The number of aliphatic hydroxyl groups excluding tert-OH is 1. The van der Waals surface area contributed by atoms with Crippen LogP contribution in [0.5, 0.6) is 0 Å². The minimum absolute atomic E-state index is 0.0298. The SMILES string of the molecule is CCNC(=NCC1(N(C)C)CCOCC1)NCC(O)c1ccc(C(C)(C)C)cc1. The van der Waals surface area contributed by atoms with E-state index < -0.39 is 6.10 Å². The molecular formula is C23H40N4O2. The van der Waals surface area contributed by atoms with Gasteiger partial charge in [-0.2, -0.15) is 0 Å². The molecule has 1 aliphatic rings. The van der Waals surface area contributed by atoms with Gasteiger partial charge >= 0.3 is 0 Å². The van der Waals surface area contributed by atoms with Crippen LogP contribution in [0.15, 0.2) is 29.3 Å². The van der Waals surface area contributed by atoms with Crippen molar-refractivity contribution >= 4 is 5.96 Å². The van der Waals surface area contributed by atoms with Gasteiger partial charge in [0.05, 0.1) is 12.6 Å². The van der Waals surface area contributed by atoms with E-state index in [1.165, 1.54) is 5.56 Å². The molecule has 2 rings (SSSR count). The summed E-state index contributed by atoms with van der Waals surface area (Å²) < 4.78 is 5.55. The Morgan fingerprint density at radius 3 is 2.31 bits per heavy atom. The van der Waals surface area contributed by atoms with Crippen molar-refractivity contribution in [3.63, 3.8) is 0 Å². The molecule has 29 heavy (non-hydrogen) atoms. The molecule has 0 spiro atoms. The Kier molecular flexibility index (Phi) is 8.49. The van der Waals surface area contributed by atoms with E-state index in [0.717, 1.165) is 44.1 Å². The first-order chi connectivity index (χ1) is 13.7. The van der Waals surface area contributed by atoms with Gasteiger partial charge in [-0.1, -0.05) is 45.0 Å². The molecule has 0 radical (unpaired) electrons. The number of ether oxygens (including phenoxy) is 1. The Balaban J connectivity index is 1.99. The molecule has 0 aliphatic carbocycles. The van der Waals surface area contributed by atoms with Gasteiger partial charge in [-0.3, -0.25) is 4.99 Å². The van der Waals surface area contributed by atoms with Crippen molar-refractivity contribution in [2.24, 2.45) is 4.99 Å². The monoisotopic (exact) mass is 404 g/mol. The Bertz CT molecular complexity index is 644. The summed E-state index contributed by atoms with van der Waals surface area (Å²) >= 11 is 0. The van der Waals surface area contributed by atoms with Crippen molar-refractivity contribution in [1.82, 2.24) is 15.5 Å². The van der Waals surface area contributed by atoms with Crippen LogP contribution in [-0.4, -0.2) is 68.4 Å². The molecule has 164 valence electrons. The lowest BCUT2D eigenvalue weighted by Gasteiger charge is -2.41. The van der Waals surface area contributed by atoms with E-state index in [4.69, 9.17) is 9.73 Å². The van der Waals surface area contributed by atoms with Crippen LogP contribution < -0.4 is 10.6 Å². The lowest BCUT2D eigenvalue weighted by Crippen LogP contribution is -2.52. The van der Waals surface area contributed by atoms with E-state index in [-0.39, 0.29) is 11.0 Å². The fourth-order valence-electron chi connectivity index (χ4n) is 3.58. The van der Waals surface area contributed by atoms with Crippen LogP contribution in [0.25, 0.3) is 0 Å². The zero-order valence-electron chi connectivity index (χ0n) is 19.1. The molecule has 1 fully saturated rings. The van der Waals surface area contributed by atoms with Crippen molar-refractivity contribution in [2.75, 3.05) is 46.9 Å². The molecule has 1 aromatic carbocycles. The summed E-state index contributed by atoms with van der Waals surface area (Å²) in [5.41, 5.74) is 2.32. The predicted octanol–water partition coefficient (Wildman–Crippen LogP) is 2.68. The first kappa shape index (κ1) is 23.6. The molecule has 1 atom stereocenters. The fourth-order valence-corrected chi connectivity index (χ4v) is 3.58. The van der Waals surface area contributed by atoms with Gasteiger partial charge < -0.3 is 25.4 Å². The number of benzene rings is 1. The number of hydrogen-bond acceptors (Lipinski definition) is 4. The molecule has 3 N–H and O–H groups in total. The second-order valence-corrected chi connectivity index (χ2v) is 9.20. The standard InChI is InChI=1S/C23H40N4O2/c1-7-24-21(26-17-23(27(5)6)12-14-29-15-13-23)25-16-20(28)18-8-10-19(11-9-18)22(2,3)4/h8-11,20,28H,7,12-17H2,1-6H3,(H2,24,25,26). The largest absolute Gasteiger partial charge is 0.387 e. The van der Waals surface area contributed by atoms with Gasteiger partial charge in [0.25, 0.3) is 0 Å². The number of nitrogens with one attached hydrogen (secondary N) is 2. The molecular weight excluding hydrogens is 364 g/mol. The molecule has 0 amide bonds. The minimum Gasteiger partial charge on any atom is -0.387 e. The van der Waals surface area contributed by atoms with Crippen LogP contribution in [0.2, 0.25) is 0 Å². The molecule has 6 heteroatoms. The van der Waals surface area contributed by atoms with Crippen LogP contribution in [0.4, 0.5) is 0 Å². The second-order valence-electron chi connectivity index (χ2n) is 9.20. The van der Waals surface area contributed by atoms with Crippen molar-refractivity contribution in [2.45, 2.75) is 57.6 Å². The summed E-state index contributed by atoms with van der Waals surface area (Å²) in [5.74, 6) is 0.741. The maximum Gasteiger partial charge on any atom is 0.191 e. The van der Waals surface area contributed by atoms with Crippen LogP contribution in [0, 0.1) is 0 Å². The smallest absolute Gasteiger partial charge is 0.191 e. The van der Waals surface area contributed by atoms with Gasteiger partial charge in [-0.05, 0) is 50.4 Å². The van der Waals surface area contributed by atoms with E-state index in [1.807, 2.05) is 12.1 Å². The summed E-state index contributed by atoms with van der Waals surface area (Å²) in [6.45, 7) is 12.1. The number of rotatable bonds is 7. The third kappa shape index (κ3) is 6.69. The van der Waals surface area contributed by atoms with E-state index in [9.17, 15) is 5.11 Å². The Hall–Kier alpha value is -1.63. The van der Waals surface area contributed by atoms with Crippen LogP contribution in [-0.2, 0) is 10.2 Å². The van der Waals surface area contributed by atoms with E-state index in [1.54, 1.807) is 0 Å². The van der Waals surface area contributed by atoms with Gasteiger partial charge in [0, 0.05) is 31.8 Å². The normalized spacial score (nSPS) is 18.6. The maximum absolute atomic E-state index is 10.6. The predicted molar refractivity (Wildman–Crippen MR) is 121 cm³/mol. The fraction of sp³-hybridized carbons (Fsp3) is 0.696. The number of nitrogens with zero attached hydrogens (tertiary/aromatic N) is 2. The quantitative estimate of drug-likeness (QED) is 0.482. The lowest BCUT2D eigenvalue weighted by atomic mass is 9.86. The van der Waals surface area contributed by atoms with Crippen LogP contribution in [0.1, 0.15) is 57.8 Å². The molecule has 1 heterocycles. The maximum atomic E-state index is 10.6. The number of guanidine groups is 1. The van der Waals surface area contributed by atoms with Gasteiger partial charge in [-0.25, -0.2) is 0 Å². The van der Waals surface area contributed by atoms with Gasteiger partial charge in [-0.15, -0.1) is 0 Å². The third-order valence-electron chi connectivity index (χ3n) is 5.87. The first-order valence-corrected chi connectivity index (χ1v) is 10.7. The van der Waals surface area contributed by atoms with Crippen LogP contribution in [0.3, 0.4) is 0 Å². The number of aliphatic imine (C=N–C) groups is 1. The number of likely N-dealkylation sites (N-methyl/N-ethyl adjacent to an activating group) is 1. The summed E-state index contributed by atoms with van der Waals surface area (Å²) in [7, 11) is 4.23. The zero-order valence-corrected chi connectivity index (χ0v) is 19.1. The highest BCUT2D eigenvalue weighted by atomic mass is 16.5. The van der Waals surface area contributed by atoms with Crippen molar-refractivity contribution in [3.8, 4) is 0 Å². The Labute approximate surface area is 176 Å². The highest BCUT2D eigenvalue weighted by Gasteiger charge is 2.34. The number of hydrogen-bond donors (Lipinski definition) is 3. The highest BCUT2D eigenvalue weighted by molar-refractivity contribution is 5.79. The van der Waals surface area contributed by atoms with Crippen molar-refractivity contribution < 1.29 is 9.84 Å². The highest BCUT2D eigenvalue weighted by Crippen LogP contribution is 2.26. The molecule has 1 aromatic rings. The summed E-state index contributed by atoms with van der Waals surface area (Å²) in [5, 5.41) is 17.2. The van der Waals surface area contributed by atoms with E-state index >= 15 is 0 Å². The molecule has 1 unspecified atom stereocenters. The lowest BCUT2D eigenvalue weighted by molar-refractivity contribution is -0.00255. The average molecular weight is 405 g/mol. The van der Waals surface area contributed by atoms with Crippen LogP contribution >= 0.6 is 0 Å². The van der Waals surface area contributed by atoms with Gasteiger partial charge in [0.1, 0.15) is 0 Å².